The van der Waals surface area contributed by atoms with Crippen LogP contribution in [0.3, 0.4) is 0 Å². The van der Waals surface area contributed by atoms with Gasteiger partial charge in [-0.2, -0.15) is 0 Å². The number of aliphatic carboxylic acids is 1. The SMILES string of the molecule is O=C(Nc1cc(Cl)c(CC(=O)N2C[C@@H](N3CC(F)C3)C[C@H]2COC2CCC(C(=O)O)CC2)cc1Cl)c1csc2ccccc12. The third kappa shape index (κ3) is 6.74. The smallest absolute Gasteiger partial charge is 0.306 e. The van der Waals surface area contributed by atoms with E-state index in [0.717, 1.165) is 10.1 Å². The third-order valence-electron chi connectivity index (χ3n) is 9.09. The van der Waals surface area contributed by atoms with Crippen LogP contribution in [0, 0.1) is 5.92 Å². The van der Waals surface area contributed by atoms with Crippen molar-refractivity contribution in [1.82, 2.24) is 9.80 Å². The highest BCUT2D eigenvalue weighted by molar-refractivity contribution is 7.17. The highest BCUT2D eigenvalue weighted by atomic mass is 35.5. The lowest BCUT2D eigenvalue weighted by atomic mass is 9.87. The molecule has 0 bridgehead atoms. The van der Waals surface area contributed by atoms with Gasteiger partial charge in [-0.15, -0.1) is 11.3 Å². The first-order valence-electron chi connectivity index (χ1n) is 14.9. The highest BCUT2D eigenvalue weighted by Crippen LogP contribution is 2.34. The second-order valence-electron chi connectivity index (χ2n) is 12.0. The molecule has 0 unspecified atom stereocenters. The fourth-order valence-corrected chi connectivity index (χ4v) is 7.93. The lowest BCUT2D eigenvalue weighted by Crippen LogP contribution is -2.54. The number of anilines is 1. The fourth-order valence-electron chi connectivity index (χ4n) is 6.52. The number of carbonyl (C=O) groups excluding carboxylic acids is 2. The molecule has 2 amide bonds. The van der Waals surface area contributed by atoms with Crippen LogP contribution in [0.25, 0.3) is 10.1 Å². The summed E-state index contributed by atoms with van der Waals surface area (Å²) in [5.74, 6) is -1.51. The van der Waals surface area contributed by atoms with Gasteiger partial charge in [-0.3, -0.25) is 19.3 Å². The third-order valence-corrected chi connectivity index (χ3v) is 10.7. The minimum atomic E-state index is -0.836. The number of alkyl halides is 1. The van der Waals surface area contributed by atoms with Gasteiger partial charge in [-0.05, 0) is 55.9 Å². The number of carbonyl (C=O) groups is 3. The number of hydrogen-bond acceptors (Lipinski definition) is 6. The van der Waals surface area contributed by atoms with Gasteiger partial charge in [0.15, 0.2) is 0 Å². The van der Waals surface area contributed by atoms with E-state index in [-0.39, 0.29) is 47.4 Å². The van der Waals surface area contributed by atoms with E-state index < -0.39 is 12.1 Å². The number of nitrogens with zero attached hydrogens (tertiary/aromatic N) is 2. The van der Waals surface area contributed by atoms with Crippen LogP contribution in [0.2, 0.25) is 10.0 Å². The van der Waals surface area contributed by atoms with Crippen molar-refractivity contribution in [2.45, 2.75) is 62.9 Å². The predicted octanol–water partition coefficient (Wildman–Crippen LogP) is 6.29. The first-order chi connectivity index (χ1) is 21.2. The molecule has 3 fully saturated rings. The van der Waals surface area contributed by atoms with Crippen LogP contribution in [0.1, 0.15) is 48.0 Å². The molecule has 0 spiro atoms. The normalized spacial score (nSPS) is 24.4. The Bertz CT molecular complexity index is 1560. The zero-order chi connectivity index (χ0) is 31.0. The summed E-state index contributed by atoms with van der Waals surface area (Å²) in [6, 6.07) is 10.7. The summed E-state index contributed by atoms with van der Waals surface area (Å²) in [6.07, 6.45) is 2.34. The van der Waals surface area contributed by atoms with Crippen LogP contribution in [-0.2, 0) is 20.7 Å². The maximum Gasteiger partial charge on any atom is 0.306 e. The largest absolute Gasteiger partial charge is 0.481 e. The highest BCUT2D eigenvalue weighted by Gasteiger charge is 2.42. The molecule has 2 aliphatic heterocycles. The number of amides is 2. The summed E-state index contributed by atoms with van der Waals surface area (Å²) in [7, 11) is 0. The van der Waals surface area contributed by atoms with Crippen molar-refractivity contribution in [3.8, 4) is 0 Å². The van der Waals surface area contributed by atoms with Gasteiger partial charge in [-0.1, -0.05) is 41.4 Å². The van der Waals surface area contributed by atoms with Crippen molar-refractivity contribution in [2.24, 2.45) is 5.92 Å². The number of thiophene rings is 1. The molecule has 0 radical (unpaired) electrons. The van der Waals surface area contributed by atoms with Gasteiger partial charge in [0.05, 0.1) is 47.4 Å². The van der Waals surface area contributed by atoms with Crippen LogP contribution < -0.4 is 5.32 Å². The number of halogens is 3. The lowest BCUT2D eigenvalue weighted by molar-refractivity contribution is -0.144. The van der Waals surface area contributed by atoms with Crippen LogP contribution in [-0.4, -0.2) is 83.3 Å². The van der Waals surface area contributed by atoms with E-state index in [1.165, 1.54) is 11.3 Å². The molecule has 3 aliphatic rings. The van der Waals surface area contributed by atoms with E-state index >= 15 is 0 Å². The number of fused-ring (bicyclic) bond motifs is 1. The summed E-state index contributed by atoms with van der Waals surface area (Å²) in [5.41, 5.74) is 1.45. The molecule has 12 heteroatoms. The average Bonchev–Trinajstić information content (AvgIpc) is 3.62. The number of benzene rings is 2. The summed E-state index contributed by atoms with van der Waals surface area (Å²) in [5, 5.41) is 15.4. The van der Waals surface area contributed by atoms with E-state index in [0.29, 0.717) is 80.2 Å². The lowest BCUT2D eigenvalue weighted by Gasteiger charge is -2.38. The summed E-state index contributed by atoms with van der Waals surface area (Å²) < 4.78 is 20.9. The molecule has 8 nitrogen and oxygen atoms in total. The molecule has 2 aromatic carbocycles. The first-order valence-corrected chi connectivity index (χ1v) is 16.6. The Labute approximate surface area is 269 Å². The predicted molar refractivity (Wildman–Crippen MR) is 170 cm³/mol. The van der Waals surface area contributed by atoms with Crippen LogP contribution in [0.15, 0.2) is 41.8 Å². The molecule has 6 rings (SSSR count). The standard InChI is InChI=1S/C32H34Cl2FN3O5S/c33-26-12-28(36-31(40)25-17-44-29-4-2-1-3-24(25)29)27(34)9-19(26)10-30(39)38-15-21(37-13-20(35)14-37)11-22(38)16-43-23-7-5-18(6-8-23)32(41)42/h1-4,9,12,17-18,20-23H,5-8,10-11,13-16H2,(H,36,40)(H,41,42)/t18?,21-,22-,23?/m0/s1. The first kappa shape index (κ1) is 31.2. The van der Waals surface area contributed by atoms with Crippen molar-refractivity contribution in [3.63, 3.8) is 0 Å². The number of rotatable bonds is 9. The van der Waals surface area contributed by atoms with E-state index in [4.69, 9.17) is 27.9 Å². The maximum atomic E-state index is 13.7. The molecule has 2 N–H and O–H groups in total. The number of carboxylic acids is 1. The minimum Gasteiger partial charge on any atom is -0.481 e. The summed E-state index contributed by atoms with van der Waals surface area (Å²) in [6.45, 7) is 1.55. The van der Waals surface area contributed by atoms with Gasteiger partial charge < -0.3 is 20.1 Å². The minimum absolute atomic E-state index is 0.0145. The molecular formula is C32H34Cl2FN3O5S. The van der Waals surface area contributed by atoms with Gasteiger partial charge in [0, 0.05) is 46.2 Å². The Kier molecular flexibility index (Phi) is 9.44. The quantitative estimate of drug-likeness (QED) is 0.280. The summed E-state index contributed by atoms with van der Waals surface area (Å²) in [4.78, 5) is 41.9. The summed E-state index contributed by atoms with van der Waals surface area (Å²) >= 11 is 14.7. The molecule has 1 aromatic heterocycles. The Morgan fingerprint density at radius 1 is 1.05 bits per heavy atom. The second-order valence-corrected chi connectivity index (χ2v) is 13.7. The van der Waals surface area contributed by atoms with Crippen molar-refractivity contribution in [2.75, 3.05) is 31.6 Å². The van der Waals surface area contributed by atoms with Crippen molar-refractivity contribution < 1.29 is 28.6 Å². The molecule has 1 saturated carbocycles. The van der Waals surface area contributed by atoms with Crippen molar-refractivity contribution in [1.29, 1.82) is 0 Å². The van der Waals surface area contributed by atoms with Crippen LogP contribution >= 0.6 is 34.5 Å². The molecular weight excluding hydrogens is 628 g/mol. The van der Waals surface area contributed by atoms with Gasteiger partial charge in [0.25, 0.3) is 5.91 Å². The monoisotopic (exact) mass is 661 g/mol. The molecule has 3 aromatic rings. The maximum absolute atomic E-state index is 13.7. The van der Waals surface area contributed by atoms with E-state index in [1.54, 1.807) is 22.4 Å². The number of likely N-dealkylation sites (tertiary alicyclic amines) is 2. The Morgan fingerprint density at radius 2 is 1.80 bits per heavy atom. The molecule has 2 saturated heterocycles. The Morgan fingerprint density at radius 3 is 2.52 bits per heavy atom. The molecule has 1 aliphatic carbocycles. The average molecular weight is 663 g/mol. The topological polar surface area (TPSA) is 99.2 Å². The number of carboxylic acid groups (broad SMARTS) is 1. The molecule has 234 valence electrons. The number of ether oxygens (including phenoxy) is 1. The van der Waals surface area contributed by atoms with Crippen molar-refractivity contribution in [3.05, 3.63) is 63.0 Å². The zero-order valence-electron chi connectivity index (χ0n) is 24.0. The number of nitrogens with one attached hydrogen (secondary N) is 1. The van der Waals surface area contributed by atoms with Crippen LogP contribution in [0.4, 0.5) is 10.1 Å². The Balaban J connectivity index is 1.11. The zero-order valence-corrected chi connectivity index (χ0v) is 26.3. The molecule has 2 atom stereocenters. The van der Waals surface area contributed by atoms with Gasteiger partial charge in [-0.25, -0.2) is 4.39 Å². The van der Waals surface area contributed by atoms with Crippen LogP contribution in [0.5, 0.6) is 0 Å². The molecule has 3 heterocycles. The van der Waals surface area contributed by atoms with E-state index in [1.807, 2.05) is 24.3 Å². The van der Waals surface area contributed by atoms with Gasteiger partial charge in [0.2, 0.25) is 5.91 Å². The number of hydrogen-bond donors (Lipinski definition) is 2. The van der Waals surface area contributed by atoms with E-state index in [9.17, 15) is 23.9 Å². The molecule has 44 heavy (non-hydrogen) atoms. The van der Waals surface area contributed by atoms with Crippen molar-refractivity contribution >= 4 is 68.1 Å². The Hall–Kier alpha value is -2.76. The van der Waals surface area contributed by atoms with E-state index in [2.05, 4.69) is 10.2 Å². The second kappa shape index (κ2) is 13.3. The van der Waals surface area contributed by atoms with Gasteiger partial charge in [0.1, 0.15) is 6.17 Å². The fraction of sp³-hybridized carbons (Fsp3) is 0.469. The van der Waals surface area contributed by atoms with Gasteiger partial charge >= 0.3 is 5.97 Å².